The van der Waals surface area contributed by atoms with E-state index in [0.29, 0.717) is 25.4 Å². The smallest absolute Gasteiger partial charge is 0.330 e. The molecule has 2 fully saturated rings. The zero-order valence-corrected chi connectivity index (χ0v) is 19.3. The quantitative estimate of drug-likeness (QED) is 0.575. The van der Waals surface area contributed by atoms with Crippen LogP contribution >= 0.6 is 0 Å². The Morgan fingerprint density at radius 3 is 2.79 bits per heavy atom. The van der Waals surface area contributed by atoms with E-state index in [0.717, 1.165) is 35.4 Å². The topological polar surface area (TPSA) is 69.4 Å². The average molecular weight is 449 g/mol. The van der Waals surface area contributed by atoms with Crippen LogP contribution < -0.4 is 10.4 Å². The van der Waals surface area contributed by atoms with Gasteiger partial charge in [-0.3, -0.25) is 13.9 Å². The Balaban J connectivity index is 1.36. The van der Waals surface area contributed by atoms with Crippen LogP contribution in [-0.2, 0) is 17.8 Å². The highest BCUT2D eigenvalue weighted by atomic mass is 16.5. The van der Waals surface area contributed by atoms with Gasteiger partial charge < -0.3 is 9.64 Å². The zero-order valence-electron chi connectivity index (χ0n) is 19.3. The molecule has 174 valence electrons. The molecular formula is C26H32N4O3. The first-order chi connectivity index (χ1) is 16.1. The number of hydrogen-bond donors (Lipinski definition) is 0. The number of ether oxygens (including phenoxy) is 1. The number of methoxy groups -OCH3 is 1. The van der Waals surface area contributed by atoms with Crippen molar-refractivity contribution in [2.45, 2.75) is 57.5 Å². The van der Waals surface area contributed by atoms with Crippen LogP contribution in [0.3, 0.4) is 0 Å². The van der Waals surface area contributed by atoms with Gasteiger partial charge in [0, 0.05) is 25.8 Å². The number of fused-ring (bicyclic) bond motifs is 1. The van der Waals surface area contributed by atoms with Crippen molar-refractivity contribution in [3.63, 3.8) is 0 Å². The zero-order chi connectivity index (χ0) is 22.8. The number of likely N-dealkylation sites (tertiary alicyclic amines) is 1. The minimum Gasteiger partial charge on any atom is -0.497 e. The molecule has 33 heavy (non-hydrogen) atoms. The van der Waals surface area contributed by atoms with E-state index in [9.17, 15) is 9.59 Å². The molecule has 7 nitrogen and oxygen atoms in total. The maximum atomic E-state index is 13.6. The van der Waals surface area contributed by atoms with E-state index in [1.54, 1.807) is 13.3 Å². The lowest BCUT2D eigenvalue weighted by Gasteiger charge is -2.21. The van der Waals surface area contributed by atoms with E-state index >= 15 is 0 Å². The molecule has 1 saturated heterocycles. The summed E-state index contributed by atoms with van der Waals surface area (Å²) >= 11 is 0. The highest BCUT2D eigenvalue weighted by molar-refractivity contribution is 5.79. The third-order valence-corrected chi connectivity index (χ3v) is 7.26. The van der Waals surface area contributed by atoms with Crippen molar-refractivity contribution in [1.82, 2.24) is 19.0 Å². The number of carbonyl (C=O) groups excluding carboxylic acids is 1. The van der Waals surface area contributed by atoms with Gasteiger partial charge in [0.1, 0.15) is 5.75 Å². The molecule has 1 aliphatic heterocycles. The van der Waals surface area contributed by atoms with Gasteiger partial charge in [-0.2, -0.15) is 0 Å². The fourth-order valence-electron chi connectivity index (χ4n) is 5.49. The average Bonchev–Trinajstić information content (AvgIpc) is 3.43. The maximum absolute atomic E-state index is 13.6. The Kier molecular flexibility index (Phi) is 6.20. The van der Waals surface area contributed by atoms with Gasteiger partial charge in [-0.25, -0.2) is 9.78 Å². The van der Waals surface area contributed by atoms with Gasteiger partial charge >= 0.3 is 5.69 Å². The fraction of sp³-hybridized carbons (Fsp3) is 0.500. The molecule has 1 aliphatic carbocycles. The summed E-state index contributed by atoms with van der Waals surface area (Å²) < 4.78 is 9.05. The van der Waals surface area contributed by atoms with Crippen LogP contribution in [-0.4, -0.2) is 45.1 Å². The Morgan fingerprint density at radius 2 is 1.97 bits per heavy atom. The van der Waals surface area contributed by atoms with Crippen molar-refractivity contribution in [1.29, 1.82) is 0 Å². The Bertz CT molecular complexity index is 1190. The maximum Gasteiger partial charge on any atom is 0.330 e. The summed E-state index contributed by atoms with van der Waals surface area (Å²) in [6, 6.07) is 11.5. The Labute approximate surface area is 194 Å². The summed E-state index contributed by atoms with van der Waals surface area (Å²) in [6.07, 6.45) is 9.04. The standard InChI is InChI=1S/C26H32N4O3/c1-33-22-10-5-9-20(15-22)16-24(31)28-14-12-21(18-28)30-25-23(11-6-13-27-25)29(26(30)32)17-19-7-3-2-4-8-19/h5-6,9-11,13,15,19,21H,2-4,7-8,12,14,16-18H2,1H3. The number of hydrogen-bond acceptors (Lipinski definition) is 4. The van der Waals surface area contributed by atoms with Crippen LogP contribution in [0.1, 0.15) is 50.1 Å². The molecule has 5 rings (SSSR count). The van der Waals surface area contributed by atoms with E-state index in [1.165, 1.54) is 32.1 Å². The van der Waals surface area contributed by atoms with Gasteiger partial charge in [0.05, 0.1) is 25.1 Å². The van der Waals surface area contributed by atoms with Gasteiger partial charge in [0.25, 0.3) is 0 Å². The monoisotopic (exact) mass is 448 g/mol. The highest BCUT2D eigenvalue weighted by Crippen LogP contribution is 2.28. The van der Waals surface area contributed by atoms with Gasteiger partial charge in [-0.15, -0.1) is 0 Å². The molecule has 2 aliphatic rings. The summed E-state index contributed by atoms with van der Waals surface area (Å²) in [4.78, 5) is 33.0. The lowest BCUT2D eigenvalue weighted by atomic mass is 9.89. The minimum absolute atomic E-state index is 0.0152. The number of carbonyl (C=O) groups is 1. The van der Waals surface area contributed by atoms with Crippen molar-refractivity contribution in [2.24, 2.45) is 5.92 Å². The second-order valence-corrected chi connectivity index (χ2v) is 9.42. The van der Waals surface area contributed by atoms with Gasteiger partial charge in [-0.1, -0.05) is 31.4 Å². The first kappa shape index (κ1) is 21.7. The molecule has 3 heterocycles. The van der Waals surface area contributed by atoms with Gasteiger partial charge in [-0.05, 0) is 55.0 Å². The largest absolute Gasteiger partial charge is 0.497 e. The molecule has 0 radical (unpaired) electrons. The number of benzene rings is 1. The van der Waals surface area contributed by atoms with Crippen molar-refractivity contribution >= 4 is 17.1 Å². The van der Waals surface area contributed by atoms with E-state index in [-0.39, 0.29) is 17.6 Å². The molecule has 1 amide bonds. The van der Waals surface area contributed by atoms with Crippen LogP contribution in [0.5, 0.6) is 5.75 Å². The summed E-state index contributed by atoms with van der Waals surface area (Å²) in [7, 11) is 1.63. The van der Waals surface area contributed by atoms with E-state index in [1.807, 2.05) is 50.4 Å². The van der Waals surface area contributed by atoms with E-state index in [2.05, 4.69) is 4.98 Å². The van der Waals surface area contributed by atoms with Crippen molar-refractivity contribution in [2.75, 3.05) is 20.2 Å². The molecular weight excluding hydrogens is 416 g/mol. The number of nitrogens with zero attached hydrogens (tertiary/aromatic N) is 4. The van der Waals surface area contributed by atoms with Crippen LogP contribution in [0.2, 0.25) is 0 Å². The first-order valence-corrected chi connectivity index (χ1v) is 12.1. The summed E-state index contributed by atoms with van der Waals surface area (Å²) in [6.45, 7) is 1.96. The summed E-state index contributed by atoms with van der Waals surface area (Å²) in [5.41, 5.74) is 2.60. The molecule has 1 aromatic carbocycles. The number of rotatable bonds is 6. The lowest BCUT2D eigenvalue weighted by molar-refractivity contribution is -0.129. The van der Waals surface area contributed by atoms with Crippen molar-refractivity contribution < 1.29 is 9.53 Å². The number of aromatic nitrogens is 3. The third-order valence-electron chi connectivity index (χ3n) is 7.26. The van der Waals surface area contributed by atoms with Crippen LogP contribution in [0.4, 0.5) is 0 Å². The molecule has 0 bridgehead atoms. The van der Waals surface area contributed by atoms with E-state index in [4.69, 9.17) is 4.74 Å². The molecule has 1 atom stereocenters. The normalized spacial score (nSPS) is 19.3. The molecule has 7 heteroatoms. The number of amides is 1. The Hall–Kier alpha value is -3.09. The van der Waals surface area contributed by atoms with Crippen LogP contribution in [0, 0.1) is 5.92 Å². The molecule has 1 unspecified atom stereocenters. The minimum atomic E-state index is -0.0447. The third kappa shape index (κ3) is 4.41. The second-order valence-electron chi connectivity index (χ2n) is 9.42. The van der Waals surface area contributed by atoms with Crippen LogP contribution in [0.15, 0.2) is 47.4 Å². The number of imidazole rings is 1. The molecule has 0 N–H and O–H groups in total. The van der Waals surface area contributed by atoms with Crippen molar-refractivity contribution in [3.8, 4) is 5.75 Å². The summed E-state index contributed by atoms with van der Waals surface area (Å²) in [5.74, 6) is 1.39. The molecule has 2 aromatic heterocycles. The number of pyridine rings is 1. The molecule has 3 aromatic rings. The second kappa shape index (κ2) is 9.41. The molecule has 1 saturated carbocycles. The van der Waals surface area contributed by atoms with E-state index < -0.39 is 0 Å². The Morgan fingerprint density at radius 1 is 1.12 bits per heavy atom. The fourth-order valence-corrected chi connectivity index (χ4v) is 5.49. The predicted molar refractivity (Wildman–Crippen MR) is 128 cm³/mol. The first-order valence-electron chi connectivity index (χ1n) is 12.1. The lowest BCUT2D eigenvalue weighted by Crippen LogP contribution is -2.33. The summed E-state index contributed by atoms with van der Waals surface area (Å²) in [5, 5.41) is 0. The molecule has 0 spiro atoms. The van der Waals surface area contributed by atoms with Gasteiger partial charge in [0.15, 0.2) is 5.65 Å². The predicted octanol–water partition coefficient (Wildman–Crippen LogP) is 3.80. The van der Waals surface area contributed by atoms with Gasteiger partial charge in [0.2, 0.25) is 5.91 Å². The highest BCUT2D eigenvalue weighted by Gasteiger charge is 2.31. The SMILES string of the molecule is COc1cccc(CC(=O)N2CCC(n3c(=O)n(CC4CCCCC4)c4cccnc43)C2)c1. The van der Waals surface area contributed by atoms with Crippen molar-refractivity contribution in [3.05, 3.63) is 58.6 Å². The van der Waals surface area contributed by atoms with Crippen LogP contribution in [0.25, 0.3) is 11.2 Å².